The topological polar surface area (TPSA) is 69.6 Å². The van der Waals surface area contributed by atoms with Gasteiger partial charge in [-0.1, -0.05) is 6.07 Å². The molecule has 0 unspecified atom stereocenters. The van der Waals surface area contributed by atoms with Crippen molar-refractivity contribution in [2.75, 3.05) is 5.73 Å². The zero-order chi connectivity index (χ0) is 11.8. The highest BCUT2D eigenvalue weighted by atomic mass is 32.2. The van der Waals surface area contributed by atoms with E-state index in [1.54, 1.807) is 11.8 Å². The first-order chi connectivity index (χ1) is 8.24. The largest absolute Gasteiger partial charge is 0.399 e. The van der Waals surface area contributed by atoms with Crippen molar-refractivity contribution >= 4 is 17.4 Å². The van der Waals surface area contributed by atoms with E-state index in [0.717, 1.165) is 15.7 Å². The molecule has 1 heterocycles. The third-order valence-electron chi connectivity index (χ3n) is 2.77. The third-order valence-corrected chi connectivity index (χ3v) is 3.88. The highest BCUT2D eigenvalue weighted by Crippen LogP contribution is 2.38. The second-order valence-electron chi connectivity index (χ2n) is 4.26. The fraction of sp³-hybridized carbons (Fsp3) is 0.364. The molecule has 6 heteroatoms. The average molecular weight is 247 g/mol. The summed E-state index contributed by atoms with van der Waals surface area (Å²) >= 11 is 1.58. The van der Waals surface area contributed by atoms with Crippen molar-refractivity contribution in [3.05, 3.63) is 23.8 Å². The predicted molar refractivity (Wildman–Crippen MR) is 65.8 cm³/mol. The summed E-state index contributed by atoms with van der Waals surface area (Å²) in [6, 6.07) is 6.38. The molecule has 0 spiro atoms. The van der Waals surface area contributed by atoms with E-state index in [0.29, 0.717) is 6.04 Å². The molecule has 1 saturated carbocycles. The van der Waals surface area contributed by atoms with E-state index in [4.69, 9.17) is 5.73 Å². The van der Waals surface area contributed by atoms with E-state index >= 15 is 0 Å². The minimum absolute atomic E-state index is 0.494. The van der Waals surface area contributed by atoms with Gasteiger partial charge in [-0.2, -0.15) is 0 Å². The number of hydrogen-bond acceptors (Lipinski definition) is 5. The molecular formula is C11H13N5S. The van der Waals surface area contributed by atoms with E-state index in [9.17, 15) is 0 Å². The van der Waals surface area contributed by atoms with Crippen LogP contribution >= 0.6 is 11.8 Å². The lowest BCUT2D eigenvalue weighted by Crippen LogP contribution is -1.98. The molecule has 2 N–H and O–H groups in total. The molecule has 17 heavy (non-hydrogen) atoms. The van der Waals surface area contributed by atoms with Crippen LogP contribution < -0.4 is 5.73 Å². The first kappa shape index (κ1) is 10.6. The molecule has 1 aliphatic carbocycles. The number of tetrazole rings is 1. The molecule has 1 aromatic carbocycles. The summed E-state index contributed by atoms with van der Waals surface area (Å²) in [7, 11) is 0. The summed E-state index contributed by atoms with van der Waals surface area (Å²) in [5, 5.41) is 12.7. The number of nitrogen functional groups attached to an aromatic ring is 1. The maximum Gasteiger partial charge on any atom is 0.214 e. The van der Waals surface area contributed by atoms with Crippen LogP contribution in [0.5, 0.6) is 0 Å². The number of aromatic nitrogens is 4. The van der Waals surface area contributed by atoms with Crippen LogP contribution in [-0.4, -0.2) is 20.2 Å². The van der Waals surface area contributed by atoms with Gasteiger partial charge in [0.25, 0.3) is 0 Å². The Kier molecular flexibility index (Phi) is 2.51. The standard InChI is InChI=1S/C11H13N5S/c1-7-2-3-8(12)6-10(7)17-11-13-14-15-16(11)9-4-5-9/h2-3,6,9H,4-5,12H2,1H3. The van der Waals surface area contributed by atoms with Crippen LogP contribution in [0.2, 0.25) is 0 Å². The second-order valence-corrected chi connectivity index (χ2v) is 5.27. The number of rotatable bonds is 3. The van der Waals surface area contributed by atoms with Gasteiger partial charge in [-0.3, -0.25) is 0 Å². The molecule has 0 amide bonds. The molecule has 0 aliphatic heterocycles. The van der Waals surface area contributed by atoms with Gasteiger partial charge in [0.05, 0.1) is 6.04 Å². The minimum atomic E-state index is 0.494. The van der Waals surface area contributed by atoms with Crippen LogP contribution in [0.25, 0.3) is 0 Å². The molecule has 88 valence electrons. The van der Waals surface area contributed by atoms with Gasteiger partial charge in [0.1, 0.15) is 0 Å². The highest BCUT2D eigenvalue weighted by molar-refractivity contribution is 7.99. The Bertz CT molecular complexity index is 547. The summed E-state index contributed by atoms with van der Waals surface area (Å²) in [5.74, 6) is 0. The van der Waals surface area contributed by atoms with Crippen molar-refractivity contribution in [3.8, 4) is 0 Å². The molecule has 2 aromatic rings. The fourth-order valence-corrected chi connectivity index (χ4v) is 2.60. The summed E-state index contributed by atoms with van der Waals surface area (Å²) in [4.78, 5) is 1.11. The lowest BCUT2D eigenvalue weighted by Gasteiger charge is -2.06. The summed E-state index contributed by atoms with van der Waals surface area (Å²) < 4.78 is 1.91. The molecule has 0 bridgehead atoms. The van der Waals surface area contributed by atoms with Crippen molar-refractivity contribution in [1.29, 1.82) is 0 Å². The summed E-state index contributed by atoms with van der Waals surface area (Å²) in [6.07, 6.45) is 2.35. The van der Waals surface area contributed by atoms with Gasteiger partial charge in [0, 0.05) is 10.6 Å². The number of aryl methyl sites for hydroxylation is 1. The molecule has 1 fully saturated rings. The van der Waals surface area contributed by atoms with Crippen LogP contribution in [0, 0.1) is 6.92 Å². The van der Waals surface area contributed by atoms with E-state index in [1.807, 2.05) is 22.9 Å². The average Bonchev–Trinajstić information content (AvgIpc) is 3.05. The monoisotopic (exact) mass is 247 g/mol. The molecule has 5 nitrogen and oxygen atoms in total. The number of nitrogens with zero attached hydrogens (tertiary/aromatic N) is 4. The van der Waals surface area contributed by atoms with Crippen molar-refractivity contribution in [3.63, 3.8) is 0 Å². The number of anilines is 1. The minimum Gasteiger partial charge on any atom is -0.399 e. The van der Waals surface area contributed by atoms with Gasteiger partial charge < -0.3 is 5.73 Å². The Hall–Kier alpha value is -1.56. The molecular weight excluding hydrogens is 234 g/mol. The van der Waals surface area contributed by atoms with Crippen molar-refractivity contribution < 1.29 is 0 Å². The molecule has 1 aliphatic rings. The maximum atomic E-state index is 5.79. The first-order valence-corrected chi connectivity index (χ1v) is 6.37. The molecule has 0 radical (unpaired) electrons. The van der Waals surface area contributed by atoms with Crippen LogP contribution in [0.4, 0.5) is 5.69 Å². The van der Waals surface area contributed by atoms with Crippen LogP contribution in [-0.2, 0) is 0 Å². The van der Waals surface area contributed by atoms with Crippen LogP contribution in [0.1, 0.15) is 24.4 Å². The third kappa shape index (κ3) is 2.12. The number of hydrogen-bond donors (Lipinski definition) is 1. The normalized spacial score (nSPS) is 15.1. The van der Waals surface area contributed by atoms with Gasteiger partial charge in [-0.25, -0.2) is 4.68 Å². The van der Waals surface area contributed by atoms with E-state index in [1.165, 1.54) is 18.4 Å². The lowest BCUT2D eigenvalue weighted by atomic mass is 10.2. The van der Waals surface area contributed by atoms with Gasteiger partial charge in [0.15, 0.2) is 0 Å². The van der Waals surface area contributed by atoms with Crippen LogP contribution in [0.3, 0.4) is 0 Å². The summed E-state index contributed by atoms with van der Waals surface area (Å²) in [5.41, 5.74) is 7.75. The van der Waals surface area contributed by atoms with Crippen LogP contribution in [0.15, 0.2) is 28.3 Å². The van der Waals surface area contributed by atoms with Crippen molar-refractivity contribution in [2.24, 2.45) is 0 Å². The quantitative estimate of drug-likeness (QED) is 0.841. The molecule has 0 atom stereocenters. The van der Waals surface area contributed by atoms with E-state index in [-0.39, 0.29) is 0 Å². The van der Waals surface area contributed by atoms with Gasteiger partial charge in [-0.05, 0) is 59.7 Å². The smallest absolute Gasteiger partial charge is 0.214 e. The highest BCUT2D eigenvalue weighted by Gasteiger charge is 2.28. The summed E-state index contributed by atoms with van der Waals surface area (Å²) in [6.45, 7) is 2.06. The van der Waals surface area contributed by atoms with E-state index in [2.05, 4.69) is 22.4 Å². The molecule has 3 rings (SSSR count). The first-order valence-electron chi connectivity index (χ1n) is 5.56. The predicted octanol–water partition coefficient (Wildman–Crippen LogP) is 2.05. The van der Waals surface area contributed by atoms with Gasteiger partial charge in [0.2, 0.25) is 5.16 Å². The maximum absolute atomic E-state index is 5.79. The Morgan fingerprint density at radius 3 is 3.00 bits per heavy atom. The lowest BCUT2D eigenvalue weighted by molar-refractivity contribution is 0.565. The van der Waals surface area contributed by atoms with Crippen molar-refractivity contribution in [1.82, 2.24) is 20.2 Å². The van der Waals surface area contributed by atoms with Gasteiger partial charge >= 0.3 is 0 Å². The Morgan fingerprint density at radius 2 is 2.24 bits per heavy atom. The van der Waals surface area contributed by atoms with Gasteiger partial charge in [-0.15, -0.1) is 5.10 Å². The Morgan fingerprint density at radius 1 is 1.41 bits per heavy atom. The zero-order valence-corrected chi connectivity index (χ0v) is 10.3. The SMILES string of the molecule is Cc1ccc(N)cc1Sc1nnnn1C1CC1. The Balaban J connectivity index is 1.90. The molecule has 0 saturated heterocycles. The number of benzene rings is 1. The second kappa shape index (κ2) is 4.03. The fourth-order valence-electron chi connectivity index (χ4n) is 1.63. The zero-order valence-electron chi connectivity index (χ0n) is 9.50. The molecule has 1 aromatic heterocycles. The van der Waals surface area contributed by atoms with E-state index < -0.39 is 0 Å². The van der Waals surface area contributed by atoms with Crippen molar-refractivity contribution in [2.45, 2.75) is 35.9 Å². The number of nitrogens with two attached hydrogens (primary N) is 1. The Labute approximate surface area is 103 Å².